The van der Waals surface area contributed by atoms with Crippen LogP contribution in [0.1, 0.15) is 13.3 Å². The Balaban J connectivity index is 2.27. The molecular formula is C9H14N4S3. The Morgan fingerprint density at radius 3 is 2.81 bits per heavy atom. The van der Waals surface area contributed by atoms with E-state index in [-0.39, 0.29) is 6.04 Å². The number of thioether (sulfide) groups is 2. The molecule has 0 aliphatic rings. The summed E-state index contributed by atoms with van der Waals surface area (Å²) in [7, 11) is 0. The predicted molar refractivity (Wildman–Crippen MR) is 70.1 cm³/mol. The van der Waals surface area contributed by atoms with Crippen LogP contribution in [0.25, 0.3) is 0 Å². The molecule has 1 N–H and O–H groups in total. The third-order valence-electron chi connectivity index (χ3n) is 1.80. The highest BCUT2D eigenvalue weighted by Crippen LogP contribution is 2.27. The van der Waals surface area contributed by atoms with Crippen LogP contribution in [0.2, 0.25) is 0 Å². The summed E-state index contributed by atoms with van der Waals surface area (Å²) in [4.78, 5) is 0. The summed E-state index contributed by atoms with van der Waals surface area (Å²) < 4.78 is 1.98. The molecule has 1 heterocycles. The molecule has 0 bridgehead atoms. The number of rotatable bonds is 7. The fourth-order valence-electron chi connectivity index (χ4n) is 1.06. The second-order valence-electron chi connectivity index (χ2n) is 2.91. The minimum atomic E-state index is -0.0505. The van der Waals surface area contributed by atoms with Gasteiger partial charge in [-0.1, -0.05) is 41.8 Å². The molecule has 0 saturated carbocycles. The number of nitrogens with zero attached hydrogens (tertiary/aromatic N) is 3. The van der Waals surface area contributed by atoms with E-state index in [0.717, 1.165) is 27.4 Å². The summed E-state index contributed by atoms with van der Waals surface area (Å²) in [5, 5.41) is 20.1. The summed E-state index contributed by atoms with van der Waals surface area (Å²) in [6.07, 6.45) is 2.83. The van der Waals surface area contributed by atoms with Crippen LogP contribution in [-0.4, -0.2) is 34.8 Å². The Morgan fingerprint density at radius 2 is 2.25 bits per heavy atom. The van der Waals surface area contributed by atoms with E-state index >= 15 is 0 Å². The lowest BCUT2D eigenvalue weighted by atomic mass is 10.2. The third kappa shape index (κ3) is 4.70. The Hall–Kier alpha value is -0.290. The van der Waals surface area contributed by atoms with E-state index in [4.69, 9.17) is 5.26 Å². The summed E-state index contributed by atoms with van der Waals surface area (Å²) in [5.41, 5.74) is 0. The van der Waals surface area contributed by atoms with Gasteiger partial charge in [0, 0.05) is 5.75 Å². The van der Waals surface area contributed by atoms with Crippen molar-refractivity contribution in [1.82, 2.24) is 15.5 Å². The Labute approximate surface area is 108 Å². The molecule has 4 nitrogen and oxygen atoms in total. The van der Waals surface area contributed by atoms with Gasteiger partial charge in [0.2, 0.25) is 0 Å². The van der Waals surface area contributed by atoms with Gasteiger partial charge in [-0.3, -0.25) is 0 Å². The van der Waals surface area contributed by atoms with Crippen LogP contribution < -0.4 is 5.32 Å². The zero-order chi connectivity index (χ0) is 11.8. The van der Waals surface area contributed by atoms with Crippen molar-refractivity contribution in [3.63, 3.8) is 0 Å². The highest BCUT2D eigenvalue weighted by atomic mass is 32.2. The number of nitriles is 1. The Morgan fingerprint density at radius 1 is 1.50 bits per heavy atom. The monoisotopic (exact) mass is 274 g/mol. The maximum absolute atomic E-state index is 8.85. The minimum Gasteiger partial charge on any atom is -0.302 e. The van der Waals surface area contributed by atoms with Crippen molar-refractivity contribution in [3.8, 4) is 6.07 Å². The lowest BCUT2D eigenvalue weighted by Gasteiger charge is -2.07. The summed E-state index contributed by atoms with van der Waals surface area (Å²) >= 11 is 4.88. The van der Waals surface area contributed by atoms with Gasteiger partial charge in [-0.25, -0.2) is 0 Å². The van der Waals surface area contributed by atoms with E-state index in [0.29, 0.717) is 0 Å². The maximum Gasteiger partial charge on any atom is 0.175 e. The average molecular weight is 274 g/mol. The molecule has 0 saturated heterocycles. The molecular weight excluding hydrogens is 260 g/mol. The van der Waals surface area contributed by atoms with Gasteiger partial charge in [0.05, 0.1) is 12.1 Å². The standard InChI is InChI=1S/C9H14N4S3/c1-3-11-7(6-10)4-5-15-9-13-12-8(14-2)16-9/h7,11H,3-5H2,1-2H3. The second-order valence-corrected chi connectivity index (χ2v) is 6.29. The minimum absolute atomic E-state index is 0.0505. The van der Waals surface area contributed by atoms with Gasteiger partial charge in [-0.15, -0.1) is 10.2 Å². The smallest absolute Gasteiger partial charge is 0.175 e. The molecule has 88 valence electrons. The van der Waals surface area contributed by atoms with Gasteiger partial charge in [-0.2, -0.15) is 5.26 Å². The maximum atomic E-state index is 8.85. The van der Waals surface area contributed by atoms with Crippen LogP contribution >= 0.6 is 34.9 Å². The van der Waals surface area contributed by atoms with Crippen molar-refractivity contribution in [1.29, 1.82) is 5.26 Å². The highest BCUT2D eigenvalue weighted by Gasteiger charge is 2.07. The van der Waals surface area contributed by atoms with Crippen LogP contribution in [0.15, 0.2) is 8.68 Å². The molecule has 1 unspecified atom stereocenters. The molecule has 0 amide bonds. The summed E-state index contributed by atoms with van der Waals surface area (Å²) in [6.45, 7) is 2.84. The zero-order valence-electron chi connectivity index (χ0n) is 9.27. The van der Waals surface area contributed by atoms with Crippen molar-refractivity contribution in [2.24, 2.45) is 0 Å². The molecule has 7 heteroatoms. The van der Waals surface area contributed by atoms with E-state index in [1.54, 1.807) is 34.9 Å². The van der Waals surface area contributed by atoms with Crippen LogP contribution in [-0.2, 0) is 0 Å². The summed E-state index contributed by atoms with van der Waals surface area (Å²) in [6, 6.07) is 2.19. The molecule has 0 fully saturated rings. The molecule has 0 radical (unpaired) electrons. The lowest BCUT2D eigenvalue weighted by molar-refractivity contribution is 0.613. The lowest BCUT2D eigenvalue weighted by Crippen LogP contribution is -2.27. The first-order chi connectivity index (χ1) is 7.80. The van der Waals surface area contributed by atoms with Crippen molar-refractivity contribution in [2.45, 2.75) is 28.1 Å². The van der Waals surface area contributed by atoms with Crippen molar-refractivity contribution >= 4 is 34.9 Å². The first-order valence-corrected chi connectivity index (χ1v) is 7.96. The van der Waals surface area contributed by atoms with E-state index in [2.05, 4.69) is 21.6 Å². The molecule has 0 aliphatic heterocycles. The van der Waals surface area contributed by atoms with E-state index in [1.165, 1.54) is 0 Å². The highest BCUT2D eigenvalue weighted by molar-refractivity contribution is 8.02. The van der Waals surface area contributed by atoms with Crippen molar-refractivity contribution in [2.75, 3.05) is 18.6 Å². The molecule has 0 aliphatic carbocycles. The van der Waals surface area contributed by atoms with Gasteiger partial charge >= 0.3 is 0 Å². The van der Waals surface area contributed by atoms with Crippen LogP contribution in [0.3, 0.4) is 0 Å². The molecule has 1 rings (SSSR count). The van der Waals surface area contributed by atoms with Gasteiger partial charge in [0.1, 0.15) is 0 Å². The Bertz CT molecular complexity index is 347. The number of nitrogens with one attached hydrogen (secondary N) is 1. The summed E-state index contributed by atoms with van der Waals surface area (Å²) in [5.74, 6) is 0.897. The van der Waals surface area contributed by atoms with Crippen LogP contribution in [0, 0.1) is 11.3 Å². The van der Waals surface area contributed by atoms with Crippen LogP contribution in [0.5, 0.6) is 0 Å². The first kappa shape index (κ1) is 13.8. The van der Waals surface area contributed by atoms with Gasteiger partial charge < -0.3 is 5.32 Å². The number of aromatic nitrogens is 2. The molecule has 1 aromatic rings. The van der Waals surface area contributed by atoms with E-state index < -0.39 is 0 Å². The molecule has 0 spiro atoms. The SMILES string of the molecule is CCNC(C#N)CCSc1nnc(SC)s1. The number of hydrogen-bond donors (Lipinski definition) is 1. The molecule has 0 aromatic carbocycles. The zero-order valence-corrected chi connectivity index (χ0v) is 11.7. The van der Waals surface area contributed by atoms with E-state index in [9.17, 15) is 0 Å². The molecule has 1 atom stereocenters. The molecule has 1 aromatic heterocycles. The van der Waals surface area contributed by atoms with Crippen molar-refractivity contribution < 1.29 is 0 Å². The van der Waals surface area contributed by atoms with Gasteiger partial charge in [-0.05, 0) is 19.2 Å². The fourth-order valence-corrected chi connectivity index (χ4v) is 3.57. The normalized spacial score (nSPS) is 12.3. The van der Waals surface area contributed by atoms with Crippen LogP contribution in [0.4, 0.5) is 0 Å². The Kier molecular flexibility index (Phi) is 6.80. The quantitative estimate of drug-likeness (QED) is 0.769. The second kappa shape index (κ2) is 7.90. The van der Waals surface area contributed by atoms with Gasteiger partial charge in [0.25, 0.3) is 0 Å². The van der Waals surface area contributed by atoms with Crippen molar-refractivity contribution in [3.05, 3.63) is 0 Å². The fraction of sp³-hybridized carbons (Fsp3) is 0.667. The first-order valence-electron chi connectivity index (χ1n) is 4.93. The van der Waals surface area contributed by atoms with Gasteiger partial charge in [0.15, 0.2) is 8.68 Å². The predicted octanol–water partition coefficient (Wildman–Crippen LogP) is 2.24. The molecule has 16 heavy (non-hydrogen) atoms. The topological polar surface area (TPSA) is 61.6 Å². The van der Waals surface area contributed by atoms with E-state index in [1.807, 2.05) is 13.2 Å². The number of hydrogen-bond acceptors (Lipinski definition) is 7. The largest absolute Gasteiger partial charge is 0.302 e. The average Bonchev–Trinajstić information content (AvgIpc) is 2.76. The third-order valence-corrected chi connectivity index (χ3v) is 4.87.